The molecule has 0 spiro atoms. The Morgan fingerprint density at radius 1 is 1.03 bits per heavy atom. The summed E-state index contributed by atoms with van der Waals surface area (Å²) in [5.74, 6) is -0.740. The van der Waals surface area contributed by atoms with Gasteiger partial charge in [0.1, 0.15) is 12.6 Å². The van der Waals surface area contributed by atoms with Gasteiger partial charge < -0.3 is 10.2 Å². The second-order valence-corrected chi connectivity index (χ2v) is 9.60. The van der Waals surface area contributed by atoms with Gasteiger partial charge >= 0.3 is 0 Å². The van der Waals surface area contributed by atoms with Gasteiger partial charge in [-0.25, -0.2) is 8.42 Å². The summed E-state index contributed by atoms with van der Waals surface area (Å²) in [7, 11) is -3.72. The molecule has 0 heterocycles. The number of carbonyl (C=O) groups excluding carboxylic acids is 2. The largest absolute Gasteiger partial charge is 0.355 e. The third kappa shape index (κ3) is 6.82. The second kappa shape index (κ2) is 10.4. The summed E-state index contributed by atoms with van der Waals surface area (Å²) in [5, 5.41) is 2.73. The van der Waals surface area contributed by atoms with Crippen molar-refractivity contribution >= 4 is 27.5 Å². The number of hydrogen-bond acceptors (Lipinski definition) is 4. The van der Waals surface area contributed by atoms with Crippen molar-refractivity contribution in [2.24, 2.45) is 0 Å². The first-order valence-electron chi connectivity index (χ1n) is 10.2. The molecule has 0 fully saturated rings. The Balaban J connectivity index is 2.39. The van der Waals surface area contributed by atoms with E-state index in [-0.39, 0.29) is 12.5 Å². The van der Waals surface area contributed by atoms with Crippen LogP contribution in [0.3, 0.4) is 0 Å². The summed E-state index contributed by atoms with van der Waals surface area (Å²) in [6.45, 7) is 7.44. The van der Waals surface area contributed by atoms with E-state index < -0.39 is 28.5 Å². The summed E-state index contributed by atoms with van der Waals surface area (Å²) in [6, 6.07) is 13.9. The first-order valence-corrected chi connectivity index (χ1v) is 12.0. The number of carbonyl (C=O) groups is 2. The van der Waals surface area contributed by atoms with Gasteiger partial charge in [-0.1, -0.05) is 36.4 Å². The molecule has 0 aromatic heterocycles. The molecule has 0 saturated heterocycles. The predicted molar refractivity (Wildman–Crippen MR) is 123 cm³/mol. The smallest absolute Gasteiger partial charge is 0.244 e. The molecule has 0 aliphatic heterocycles. The van der Waals surface area contributed by atoms with Crippen LogP contribution in [0, 0.1) is 13.8 Å². The zero-order valence-corrected chi connectivity index (χ0v) is 19.6. The molecule has 1 N–H and O–H groups in total. The van der Waals surface area contributed by atoms with Crippen molar-refractivity contribution in [1.29, 1.82) is 0 Å². The van der Waals surface area contributed by atoms with Crippen molar-refractivity contribution in [3.63, 3.8) is 0 Å². The summed E-state index contributed by atoms with van der Waals surface area (Å²) in [6.07, 6.45) is 1.08. The van der Waals surface area contributed by atoms with Gasteiger partial charge in [-0.15, -0.1) is 0 Å². The Labute approximate surface area is 185 Å². The van der Waals surface area contributed by atoms with Crippen LogP contribution in [0.4, 0.5) is 5.69 Å². The van der Waals surface area contributed by atoms with Crippen molar-refractivity contribution in [2.45, 2.75) is 40.3 Å². The molecule has 1 atom stereocenters. The molecule has 2 aromatic rings. The maximum Gasteiger partial charge on any atom is 0.244 e. The first-order chi connectivity index (χ1) is 14.5. The van der Waals surface area contributed by atoms with Crippen LogP contribution in [-0.4, -0.2) is 50.5 Å². The van der Waals surface area contributed by atoms with Crippen molar-refractivity contribution in [1.82, 2.24) is 10.2 Å². The Morgan fingerprint density at radius 2 is 1.61 bits per heavy atom. The molecule has 0 unspecified atom stereocenters. The number of hydrogen-bond donors (Lipinski definition) is 1. The van der Waals surface area contributed by atoms with Gasteiger partial charge in [-0.05, 0) is 56.5 Å². The van der Waals surface area contributed by atoms with Crippen LogP contribution in [0.25, 0.3) is 0 Å². The SMILES string of the molecule is CCNC(=O)[C@@H](C)N(Cc1ccccc1)C(=O)CN(c1cc(C)cc(C)c1)S(C)(=O)=O. The normalized spacial score (nSPS) is 12.2. The number of nitrogens with one attached hydrogen (secondary N) is 1. The fourth-order valence-electron chi connectivity index (χ4n) is 3.39. The summed E-state index contributed by atoms with van der Waals surface area (Å²) < 4.78 is 26.2. The van der Waals surface area contributed by atoms with E-state index in [1.54, 1.807) is 26.0 Å². The van der Waals surface area contributed by atoms with E-state index in [0.717, 1.165) is 27.3 Å². The number of amides is 2. The molecule has 0 saturated carbocycles. The van der Waals surface area contributed by atoms with Crippen molar-refractivity contribution in [3.05, 3.63) is 65.2 Å². The number of aryl methyl sites for hydroxylation is 2. The van der Waals surface area contributed by atoms with E-state index in [4.69, 9.17) is 0 Å². The summed E-state index contributed by atoms with van der Waals surface area (Å²) in [5.41, 5.74) is 3.07. The van der Waals surface area contributed by atoms with Crippen LogP contribution in [0.1, 0.15) is 30.5 Å². The lowest BCUT2D eigenvalue weighted by Crippen LogP contribution is -2.51. The standard InChI is InChI=1S/C23H31N3O4S/c1-6-24-23(28)19(4)25(15-20-10-8-7-9-11-20)22(27)16-26(31(5,29)30)21-13-17(2)12-18(3)14-21/h7-14,19H,6,15-16H2,1-5H3,(H,24,28)/t19-/m1/s1. The fourth-order valence-corrected chi connectivity index (χ4v) is 4.23. The van der Waals surface area contributed by atoms with Gasteiger partial charge in [-0.2, -0.15) is 0 Å². The highest BCUT2D eigenvalue weighted by Gasteiger charge is 2.30. The van der Waals surface area contributed by atoms with Crippen LogP contribution < -0.4 is 9.62 Å². The number of likely N-dealkylation sites (N-methyl/N-ethyl adjacent to an activating group) is 1. The van der Waals surface area contributed by atoms with E-state index in [2.05, 4.69) is 5.32 Å². The number of benzene rings is 2. The number of sulfonamides is 1. The van der Waals surface area contributed by atoms with Crippen molar-refractivity contribution in [2.75, 3.05) is 23.7 Å². The summed E-state index contributed by atoms with van der Waals surface area (Å²) >= 11 is 0. The molecular formula is C23H31N3O4S. The molecule has 168 valence electrons. The molecule has 7 nitrogen and oxygen atoms in total. The Hall–Kier alpha value is -2.87. The minimum Gasteiger partial charge on any atom is -0.355 e. The zero-order chi connectivity index (χ0) is 23.2. The van der Waals surface area contributed by atoms with Crippen LogP contribution in [0.2, 0.25) is 0 Å². The van der Waals surface area contributed by atoms with E-state index in [1.165, 1.54) is 4.90 Å². The van der Waals surface area contributed by atoms with Gasteiger partial charge in [0.15, 0.2) is 0 Å². The second-order valence-electron chi connectivity index (χ2n) is 7.69. The monoisotopic (exact) mass is 445 g/mol. The Bertz CT molecular complexity index is 1000. The summed E-state index contributed by atoms with van der Waals surface area (Å²) in [4.78, 5) is 27.2. The molecule has 2 rings (SSSR count). The lowest BCUT2D eigenvalue weighted by Gasteiger charge is -2.31. The first kappa shape index (κ1) is 24.4. The van der Waals surface area contributed by atoms with Crippen molar-refractivity contribution in [3.8, 4) is 0 Å². The number of rotatable bonds is 9. The van der Waals surface area contributed by atoms with Gasteiger partial charge in [0.2, 0.25) is 21.8 Å². The number of anilines is 1. The quantitative estimate of drug-likeness (QED) is 0.643. The lowest BCUT2D eigenvalue weighted by molar-refractivity contribution is -0.139. The molecule has 2 amide bonds. The van der Waals surface area contributed by atoms with Gasteiger partial charge in [0, 0.05) is 13.1 Å². The van der Waals surface area contributed by atoms with E-state index in [9.17, 15) is 18.0 Å². The predicted octanol–water partition coefficient (Wildman–Crippen LogP) is 2.62. The van der Waals surface area contributed by atoms with Crippen molar-refractivity contribution < 1.29 is 18.0 Å². The molecule has 0 aliphatic rings. The van der Waals surface area contributed by atoms with Gasteiger partial charge in [0.05, 0.1) is 11.9 Å². The van der Waals surface area contributed by atoms with Crippen LogP contribution in [0.5, 0.6) is 0 Å². The minimum atomic E-state index is -3.72. The minimum absolute atomic E-state index is 0.197. The van der Waals surface area contributed by atoms with Crippen LogP contribution >= 0.6 is 0 Å². The topological polar surface area (TPSA) is 86.8 Å². The Morgan fingerprint density at radius 3 is 2.13 bits per heavy atom. The molecule has 2 aromatic carbocycles. The molecule has 0 aliphatic carbocycles. The molecule has 0 bridgehead atoms. The maximum atomic E-state index is 13.3. The highest BCUT2D eigenvalue weighted by atomic mass is 32.2. The molecule has 0 radical (unpaired) electrons. The average molecular weight is 446 g/mol. The van der Waals surface area contributed by atoms with Crippen LogP contribution in [-0.2, 0) is 26.2 Å². The average Bonchev–Trinajstić information content (AvgIpc) is 2.68. The van der Waals surface area contributed by atoms with Gasteiger partial charge in [0.25, 0.3) is 0 Å². The van der Waals surface area contributed by atoms with Gasteiger partial charge in [-0.3, -0.25) is 13.9 Å². The molecule has 8 heteroatoms. The lowest BCUT2D eigenvalue weighted by atomic mass is 10.1. The third-order valence-corrected chi connectivity index (χ3v) is 6.03. The highest BCUT2D eigenvalue weighted by molar-refractivity contribution is 7.92. The number of nitrogens with zero attached hydrogens (tertiary/aromatic N) is 2. The zero-order valence-electron chi connectivity index (χ0n) is 18.8. The molecule has 31 heavy (non-hydrogen) atoms. The third-order valence-electron chi connectivity index (χ3n) is 4.89. The van der Waals surface area contributed by atoms with E-state index in [1.807, 2.05) is 50.2 Å². The fraction of sp³-hybridized carbons (Fsp3) is 0.391. The van der Waals surface area contributed by atoms with E-state index >= 15 is 0 Å². The van der Waals surface area contributed by atoms with Crippen LogP contribution in [0.15, 0.2) is 48.5 Å². The molecular weight excluding hydrogens is 414 g/mol. The highest BCUT2D eigenvalue weighted by Crippen LogP contribution is 2.22. The van der Waals surface area contributed by atoms with E-state index in [0.29, 0.717) is 12.2 Å². The maximum absolute atomic E-state index is 13.3. The Kier molecular flexibility index (Phi) is 8.21.